The van der Waals surface area contributed by atoms with Crippen molar-refractivity contribution < 1.29 is 18.7 Å². The molecule has 1 heterocycles. The lowest BCUT2D eigenvalue weighted by molar-refractivity contribution is 0.0684. The monoisotopic (exact) mass is 232 g/mol. The molecule has 1 aromatic heterocycles. The van der Waals surface area contributed by atoms with Crippen molar-refractivity contribution in [2.45, 2.75) is 6.43 Å². The number of hydrogen-bond acceptors (Lipinski definition) is 3. The van der Waals surface area contributed by atoms with Gasteiger partial charge in [0.2, 0.25) is 0 Å². The number of carboxylic acid groups (broad SMARTS) is 1. The average Bonchev–Trinajstić information content (AvgIpc) is 2.15. The van der Waals surface area contributed by atoms with Gasteiger partial charge in [0.15, 0.2) is 5.69 Å². The van der Waals surface area contributed by atoms with Crippen molar-refractivity contribution in [1.29, 1.82) is 5.26 Å². The van der Waals surface area contributed by atoms with E-state index >= 15 is 0 Å². The van der Waals surface area contributed by atoms with Crippen LogP contribution in [-0.2, 0) is 0 Å². The van der Waals surface area contributed by atoms with Crippen LogP contribution in [0.15, 0.2) is 6.07 Å². The van der Waals surface area contributed by atoms with Gasteiger partial charge in [-0.2, -0.15) is 5.26 Å². The molecule has 0 unspecified atom stereocenters. The third-order valence-corrected chi connectivity index (χ3v) is 1.78. The maximum Gasteiger partial charge on any atom is 0.336 e. The fourth-order valence-corrected chi connectivity index (χ4v) is 1.20. The number of alkyl halides is 2. The number of aromatic carboxylic acids is 1. The Morgan fingerprint density at radius 2 is 2.27 bits per heavy atom. The van der Waals surface area contributed by atoms with Crippen LogP contribution in [0.3, 0.4) is 0 Å². The van der Waals surface area contributed by atoms with Gasteiger partial charge in [0.1, 0.15) is 11.2 Å². The van der Waals surface area contributed by atoms with Gasteiger partial charge in [0.05, 0.1) is 11.1 Å². The third-order valence-electron chi connectivity index (χ3n) is 1.58. The Balaban J connectivity index is 3.56. The number of nitriles is 1. The molecule has 0 aliphatic rings. The lowest BCUT2D eigenvalue weighted by atomic mass is 10.1. The SMILES string of the molecule is N#Cc1nc(Cl)cc(C(=O)O)c1C(F)F. The van der Waals surface area contributed by atoms with Crippen molar-refractivity contribution in [3.63, 3.8) is 0 Å². The summed E-state index contributed by atoms with van der Waals surface area (Å²) in [6.45, 7) is 0. The molecule has 7 heteroatoms. The first kappa shape index (κ1) is 11.3. The molecule has 1 aromatic rings. The number of pyridine rings is 1. The fourth-order valence-electron chi connectivity index (χ4n) is 1.01. The second kappa shape index (κ2) is 4.19. The van der Waals surface area contributed by atoms with Crippen molar-refractivity contribution in [3.8, 4) is 6.07 Å². The quantitative estimate of drug-likeness (QED) is 0.794. The minimum absolute atomic E-state index is 0.312. The summed E-state index contributed by atoms with van der Waals surface area (Å²) in [5.41, 5.74) is -2.29. The normalized spacial score (nSPS) is 10.1. The number of hydrogen-bond donors (Lipinski definition) is 1. The number of nitrogens with zero attached hydrogens (tertiary/aromatic N) is 2. The Labute approximate surface area is 87.7 Å². The maximum absolute atomic E-state index is 12.5. The van der Waals surface area contributed by atoms with Gasteiger partial charge in [-0.1, -0.05) is 11.6 Å². The molecule has 4 nitrogen and oxygen atoms in total. The molecule has 1 N–H and O–H groups in total. The first-order chi connectivity index (χ1) is 6.97. The van der Waals surface area contributed by atoms with E-state index in [0.717, 1.165) is 6.07 Å². The van der Waals surface area contributed by atoms with Gasteiger partial charge in [-0.15, -0.1) is 0 Å². The summed E-state index contributed by atoms with van der Waals surface area (Å²) in [4.78, 5) is 13.9. The third kappa shape index (κ3) is 2.19. The topological polar surface area (TPSA) is 74.0 Å². The molecule has 0 aliphatic carbocycles. The van der Waals surface area contributed by atoms with Crippen LogP contribution < -0.4 is 0 Å². The molecule has 0 atom stereocenters. The zero-order chi connectivity index (χ0) is 11.6. The second-order valence-electron chi connectivity index (χ2n) is 2.47. The first-order valence-electron chi connectivity index (χ1n) is 3.59. The van der Waals surface area contributed by atoms with Crippen molar-refractivity contribution in [3.05, 3.63) is 28.0 Å². The van der Waals surface area contributed by atoms with E-state index in [2.05, 4.69) is 4.98 Å². The lowest BCUT2D eigenvalue weighted by Crippen LogP contribution is -2.07. The van der Waals surface area contributed by atoms with Crippen molar-refractivity contribution in [2.75, 3.05) is 0 Å². The van der Waals surface area contributed by atoms with E-state index < -0.39 is 29.2 Å². The van der Waals surface area contributed by atoms with Crippen LogP contribution in [0.4, 0.5) is 8.78 Å². The van der Waals surface area contributed by atoms with E-state index in [1.807, 2.05) is 0 Å². The molecule has 0 saturated heterocycles. The van der Waals surface area contributed by atoms with Gasteiger partial charge in [0, 0.05) is 0 Å². The molecule has 78 valence electrons. The zero-order valence-corrected chi connectivity index (χ0v) is 7.79. The Bertz CT molecular complexity index is 457. The molecule has 0 bridgehead atoms. The Morgan fingerprint density at radius 3 is 2.67 bits per heavy atom. The van der Waals surface area contributed by atoms with Crippen molar-refractivity contribution in [1.82, 2.24) is 4.98 Å². The molecular formula is C8H3ClF2N2O2. The minimum atomic E-state index is -3.09. The average molecular weight is 233 g/mol. The molecule has 0 aliphatic heterocycles. The van der Waals surface area contributed by atoms with E-state index in [1.165, 1.54) is 6.07 Å². The first-order valence-corrected chi connectivity index (χ1v) is 3.97. The molecule has 0 spiro atoms. The van der Waals surface area contributed by atoms with Gasteiger partial charge < -0.3 is 5.11 Å². The molecule has 0 saturated carbocycles. The van der Waals surface area contributed by atoms with Gasteiger partial charge >= 0.3 is 5.97 Å². The highest BCUT2D eigenvalue weighted by atomic mass is 35.5. The highest BCUT2D eigenvalue weighted by molar-refractivity contribution is 6.29. The number of aromatic nitrogens is 1. The second-order valence-corrected chi connectivity index (χ2v) is 2.86. The van der Waals surface area contributed by atoms with E-state index in [9.17, 15) is 13.6 Å². The highest BCUT2D eigenvalue weighted by Gasteiger charge is 2.24. The number of halogens is 3. The molecule has 0 fully saturated rings. The van der Waals surface area contributed by atoms with Gasteiger partial charge in [0.25, 0.3) is 6.43 Å². The lowest BCUT2D eigenvalue weighted by Gasteiger charge is -2.06. The van der Waals surface area contributed by atoms with Crippen LogP contribution in [0.5, 0.6) is 0 Å². The minimum Gasteiger partial charge on any atom is -0.478 e. The number of carboxylic acids is 1. The maximum atomic E-state index is 12.5. The van der Waals surface area contributed by atoms with Crippen LogP contribution in [-0.4, -0.2) is 16.1 Å². The molecule has 0 aromatic carbocycles. The summed E-state index contributed by atoms with van der Waals surface area (Å²) in [6.07, 6.45) is -3.09. The van der Waals surface area contributed by atoms with E-state index in [4.69, 9.17) is 22.0 Å². The van der Waals surface area contributed by atoms with E-state index in [1.54, 1.807) is 0 Å². The summed E-state index contributed by atoms with van der Waals surface area (Å²) in [5, 5.41) is 16.8. The van der Waals surface area contributed by atoms with Gasteiger partial charge in [-0.05, 0) is 6.07 Å². The van der Waals surface area contributed by atoms with Crippen molar-refractivity contribution in [2.24, 2.45) is 0 Å². The molecule has 1 rings (SSSR count). The summed E-state index contributed by atoms with van der Waals surface area (Å²) in [5.74, 6) is -1.58. The van der Waals surface area contributed by atoms with Crippen molar-refractivity contribution >= 4 is 17.6 Å². The Hall–Kier alpha value is -1.74. The van der Waals surface area contributed by atoms with Gasteiger partial charge in [-0.3, -0.25) is 0 Å². The van der Waals surface area contributed by atoms with Crippen LogP contribution in [0, 0.1) is 11.3 Å². The van der Waals surface area contributed by atoms with E-state index in [0.29, 0.717) is 0 Å². The predicted molar refractivity (Wildman–Crippen MR) is 45.9 cm³/mol. The van der Waals surface area contributed by atoms with Gasteiger partial charge in [-0.25, -0.2) is 18.6 Å². The number of carbonyl (C=O) groups is 1. The molecular weight excluding hydrogens is 230 g/mol. The predicted octanol–water partition coefficient (Wildman–Crippen LogP) is 2.24. The summed E-state index contributed by atoms with van der Waals surface area (Å²) >= 11 is 5.38. The van der Waals surface area contributed by atoms with E-state index in [-0.39, 0.29) is 5.15 Å². The molecule has 15 heavy (non-hydrogen) atoms. The highest BCUT2D eigenvalue weighted by Crippen LogP contribution is 2.27. The molecule has 0 amide bonds. The fraction of sp³-hybridized carbons (Fsp3) is 0.125. The standard InChI is InChI=1S/C8H3ClF2N2O2/c9-5-1-3(8(14)15)6(7(10)11)4(2-12)13-5/h1,7H,(H,14,15). The Kier molecular flexibility index (Phi) is 3.17. The van der Waals surface area contributed by atoms with Crippen LogP contribution >= 0.6 is 11.6 Å². The van der Waals surface area contributed by atoms with Crippen LogP contribution in [0.25, 0.3) is 0 Å². The summed E-state index contributed by atoms with van der Waals surface area (Å²) < 4.78 is 24.9. The number of rotatable bonds is 2. The Morgan fingerprint density at radius 1 is 1.67 bits per heavy atom. The largest absolute Gasteiger partial charge is 0.478 e. The summed E-state index contributed by atoms with van der Waals surface area (Å²) in [6, 6.07) is 2.16. The molecule has 0 radical (unpaired) electrons. The smallest absolute Gasteiger partial charge is 0.336 e. The zero-order valence-electron chi connectivity index (χ0n) is 7.04. The van der Waals surface area contributed by atoms with Crippen LogP contribution in [0.1, 0.15) is 28.0 Å². The van der Waals surface area contributed by atoms with Crippen LogP contribution in [0.2, 0.25) is 5.15 Å². The summed E-state index contributed by atoms with van der Waals surface area (Å²) in [7, 11) is 0.